The Hall–Kier alpha value is 0.531. The summed E-state index contributed by atoms with van der Waals surface area (Å²) < 4.78 is 16.2. The zero-order valence-electron chi connectivity index (χ0n) is 8.74. The van der Waals surface area contributed by atoms with Crippen molar-refractivity contribution in [2.24, 2.45) is 0 Å². The van der Waals surface area contributed by atoms with Gasteiger partial charge in [0.1, 0.15) is 15.4 Å². The largest absolute Gasteiger partial charge is 0.428 e. The minimum Gasteiger partial charge on any atom is -0.428 e. The third kappa shape index (κ3) is 4.37. The predicted molar refractivity (Wildman–Crippen MR) is 65.0 cm³/mol. The second-order valence-corrected chi connectivity index (χ2v) is 20.1. The van der Waals surface area contributed by atoms with Gasteiger partial charge < -0.3 is 13.9 Å². The van der Waals surface area contributed by atoms with Crippen molar-refractivity contribution in [1.29, 1.82) is 0 Å². The van der Waals surface area contributed by atoms with Crippen molar-refractivity contribution in [3.05, 3.63) is 0 Å². The highest BCUT2D eigenvalue weighted by molar-refractivity contribution is 7.35. The summed E-state index contributed by atoms with van der Waals surface area (Å²) in [5, 5.41) is 0. The second kappa shape index (κ2) is 6.19. The molecule has 0 aliphatic carbocycles. The molecule has 14 heavy (non-hydrogen) atoms. The van der Waals surface area contributed by atoms with Gasteiger partial charge in [-0.3, -0.25) is 0 Å². The van der Waals surface area contributed by atoms with Crippen LogP contribution in [0.4, 0.5) is 0 Å². The molecule has 2 fully saturated rings. The molecule has 0 bridgehead atoms. The summed E-state index contributed by atoms with van der Waals surface area (Å²) in [6.45, 7) is 3.85. The van der Waals surface area contributed by atoms with Gasteiger partial charge in [0, 0.05) is 30.1 Å². The first-order valence-corrected chi connectivity index (χ1v) is 15.2. The van der Waals surface area contributed by atoms with E-state index in [9.17, 15) is 0 Å². The smallest absolute Gasteiger partial charge is 0.140 e. The molecule has 3 nitrogen and oxygen atoms in total. The van der Waals surface area contributed by atoms with Crippen molar-refractivity contribution in [2.75, 3.05) is 26.4 Å². The molecule has 0 aromatic heterocycles. The van der Waals surface area contributed by atoms with Gasteiger partial charge in [-0.25, -0.2) is 0 Å². The van der Waals surface area contributed by atoms with Crippen molar-refractivity contribution in [2.45, 2.75) is 24.6 Å². The highest BCUT2D eigenvalue weighted by Crippen LogP contribution is 2.10. The zero-order chi connectivity index (χ0) is 9.64. The van der Waals surface area contributed by atoms with Crippen LogP contribution in [-0.4, -0.2) is 58.7 Å². The molecule has 2 aliphatic heterocycles. The molecule has 82 valence electrons. The summed E-state index contributed by atoms with van der Waals surface area (Å²) in [5.41, 5.74) is 0. The average molecular weight is 249 g/mol. The van der Waals surface area contributed by atoms with Gasteiger partial charge in [-0.15, -0.1) is 0 Å². The molecule has 0 aromatic rings. The Labute approximate surface area is 91.4 Å². The lowest BCUT2D eigenvalue weighted by Gasteiger charge is -2.19. The van der Waals surface area contributed by atoms with Crippen molar-refractivity contribution in [3.63, 3.8) is 0 Å². The van der Waals surface area contributed by atoms with Gasteiger partial charge in [0.2, 0.25) is 0 Å². The van der Waals surface area contributed by atoms with E-state index >= 15 is 0 Å². The lowest BCUT2D eigenvalue weighted by molar-refractivity contribution is 0.117. The Kier molecular flexibility index (Phi) is 4.87. The number of hydrogen-bond donors (Lipinski definition) is 0. The standard InChI is InChI=1S/C8H20O3Si3/c1(2-9-6-8-7-10-8)4-14-5-3-11-12-13-14/h8,14H,1-7,12-13H2. The summed E-state index contributed by atoms with van der Waals surface area (Å²) in [5.74, 6) is 0. The number of hydrogen-bond acceptors (Lipinski definition) is 3. The van der Waals surface area contributed by atoms with Crippen molar-refractivity contribution in [3.8, 4) is 0 Å². The zero-order valence-corrected chi connectivity index (χ0v) is 12.7. The SMILES string of the molecule is C(COCC1CO1)C[SiH]1CCO[SiH2][SiH2]1. The molecule has 2 unspecified atom stereocenters. The molecular formula is C8H20O3Si3. The summed E-state index contributed by atoms with van der Waals surface area (Å²) in [6, 6.07) is 3.01. The monoisotopic (exact) mass is 248 g/mol. The predicted octanol–water partition coefficient (Wildman–Crippen LogP) is -1.29. The lowest BCUT2D eigenvalue weighted by Crippen LogP contribution is -2.35. The van der Waals surface area contributed by atoms with Gasteiger partial charge in [0.05, 0.1) is 13.2 Å². The van der Waals surface area contributed by atoms with E-state index in [-0.39, 0.29) is 17.6 Å². The Morgan fingerprint density at radius 2 is 2.43 bits per heavy atom. The van der Waals surface area contributed by atoms with Crippen LogP contribution in [0.3, 0.4) is 0 Å². The molecule has 2 saturated heterocycles. The maximum absolute atomic E-state index is 5.55. The van der Waals surface area contributed by atoms with Crippen molar-refractivity contribution < 1.29 is 13.9 Å². The van der Waals surface area contributed by atoms with Crippen LogP contribution in [0.5, 0.6) is 0 Å². The molecule has 2 heterocycles. The van der Waals surface area contributed by atoms with Crippen LogP contribution in [0.25, 0.3) is 0 Å². The van der Waals surface area contributed by atoms with Crippen LogP contribution in [0.15, 0.2) is 0 Å². The number of ether oxygens (including phenoxy) is 2. The van der Waals surface area contributed by atoms with E-state index in [0.717, 1.165) is 26.4 Å². The van der Waals surface area contributed by atoms with Crippen LogP contribution in [0.1, 0.15) is 6.42 Å². The third-order valence-corrected chi connectivity index (χ3v) is 22.8. The van der Waals surface area contributed by atoms with Crippen LogP contribution in [0, 0.1) is 0 Å². The summed E-state index contributed by atoms with van der Waals surface area (Å²) >= 11 is 0. The minimum atomic E-state index is -0.213. The topological polar surface area (TPSA) is 31.0 Å². The molecular weight excluding hydrogens is 228 g/mol. The van der Waals surface area contributed by atoms with Gasteiger partial charge in [0.25, 0.3) is 0 Å². The quantitative estimate of drug-likeness (QED) is 0.333. The Bertz CT molecular complexity index is 160. The van der Waals surface area contributed by atoms with Crippen LogP contribution < -0.4 is 0 Å². The summed E-state index contributed by atoms with van der Waals surface area (Å²) in [4.78, 5) is 0. The maximum Gasteiger partial charge on any atom is 0.140 e. The van der Waals surface area contributed by atoms with Gasteiger partial charge in [-0.05, 0) is 12.5 Å². The molecule has 0 N–H and O–H groups in total. The Morgan fingerprint density at radius 3 is 3.14 bits per heavy atom. The molecule has 0 spiro atoms. The molecule has 2 aliphatic rings. The molecule has 2 atom stereocenters. The normalized spacial score (nSPS) is 35.1. The van der Waals surface area contributed by atoms with E-state index in [1.54, 1.807) is 0 Å². The summed E-state index contributed by atoms with van der Waals surface area (Å²) in [7, 11) is 0.205. The van der Waals surface area contributed by atoms with E-state index < -0.39 is 0 Å². The van der Waals surface area contributed by atoms with Gasteiger partial charge in [0.15, 0.2) is 0 Å². The van der Waals surface area contributed by atoms with Crippen LogP contribution in [0.2, 0.25) is 12.1 Å². The van der Waals surface area contributed by atoms with Crippen molar-refractivity contribution >= 4 is 26.1 Å². The molecule has 0 aromatic carbocycles. The highest BCUT2D eigenvalue weighted by Gasteiger charge is 2.22. The Morgan fingerprint density at radius 1 is 1.50 bits per heavy atom. The van der Waals surface area contributed by atoms with Crippen LogP contribution >= 0.6 is 0 Å². The number of rotatable bonds is 6. The fraction of sp³-hybridized carbons (Fsp3) is 1.00. The molecule has 6 heteroatoms. The minimum absolute atomic E-state index is 0.0585. The summed E-state index contributed by atoms with van der Waals surface area (Å²) in [6.07, 6.45) is 1.75. The average Bonchev–Trinajstić information content (AvgIpc) is 3.03. The molecule has 0 radical (unpaired) electrons. The van der Waals surface area contributed by atoms with E-state index in [4.69, 9.17) is 13.9 Å². The number of epoxide rings is 1. The van der Waals surface area contributed by atoms with Gasteiger partial charge in [-0.2, -0.15) is 0 Å². The third-order valence-electron chi connectivity index (χ3n) is 2.95. The van der Waals surface area contributed by atoms with Crippen molar-refractivity contribution in [1.82, 2.24) is 0 Å². The van der Waals surface area contributed by atoms with E-state index in [1.165, 1.54) is 18.5 Å². The van der Waals surface area contributed by atoms with E-state index in [1.807, 2.05) is 0 Å². The molecule has 0 saturated carbocycles. The van der Waals surface area contributed by atoms with E-state index in [0.29, 0.717) is 14.7 Å². The molecule has 0 amide bonds. The second-order valence-electron chi connectivity index (χ2n) is 4.23. The van der Waals surface area contributed by atoms with Gasteiger partial charge >= 0.3 is 0 Å². The first-order valence-electron chi connectivity index (χ1n) is 5.72. The first-order chi connectivity index (χ1) is 6.95. The van der Waals surface area contributed by atoms with Crippen LogP contribution in [-0.2, 0) is 13.9 Å². The van der Waals surface area contributed by atoms with Gasteiger partial charge in [-0.1, -0.05) is 6.04 Å². The maximum atomic E-state index is 5.55. The first kappa shape index (κ1) is 11.0. The molecule has 2 rings (SSSR count). The lowest BCUT2D eigenvalue weighted by atomic mass is 10.5. The highest BCUT2D eigenvalue weighted by atomic mass is 29.5. The Balaban J connectivity index is 1.41. The fourth-order valence-corrected chi connectivity index (χ4v) is 20.1. The fourth-order valence-electron chi connectivity index (χ4n) is 1.89. The van der Waals surface area contributed by atoms with E-state index in [2.05, 4.69) is 0 Å².